The molecule has 2 aromatic heterocycles. The number of phenols is 1. The van der Waals surface area contributed by atoms with Gasteiger partial charge in [-0.3, -0.25) is 4.79 Å². The molecule has 0 radical (unpaired) electrons. The average molecular weight is 498 g/mol. The first kappa shape index (κ1) is 23.5. The van der Waals surface area contributed by atoms with E-state index in [0.29, 0.717) is 17.1 Å². The Labute approximate surface area is 206 Å². The predicted octanol–water partition coefficient (Wildman–Crippen LogP) is 6.04. The lowest BCUT2D eigenvalue weighted by atomic mass is 10.2. The second-order valence-corrected chi connectivity index (χ2v) is 8.35. The molecule has 1 amide bonds. The summed E-state index contributed by atoms with van der Waals surface area (Å²) in [5, 5.41) is 13.6. The van der Waals surface area contributed by atoms with Gasteiger partial charge in [0.15, 0.2) is 11.5 Å². The summed E-state index contributed by atoms with van der Waals surface area (Å²) in [5.74, 6) is 0.528. The minimum atomic E-state index is -0.528. The second kappa shape index (κ2) is 10.1. The van der Waals surface area contributed by atoms with Crippen molar-refractivity contribution in [3.05, 3.63) is 99.2 Å². The molecule has 2 N–H and O–H groups in total. The highest BCUT2D eigenvalue weighted by molar-refractivity contribution is 6.37. The number of hydrogen-bond acceptors (Lipinski definition) is 5. The number of aryl methyl sites for hydroxylation is 2. The molecule has 2 aromatic carbocycles. The van der Waals surface area contributed by atoms with E-state index in [0.717, 1.165) is 17.1 Å². The number of rotatable bonds is 7. The maximum absolute atomic E-state index is 12.3. The lowest BCUT2D eigenvalue weighted by Crippen LogP contribution is -2.16. The Kier molecular flexibility index (Phi) is 6.95. The molecule has 0 saturated carbocycles. The molecule has 174 valence electrons. The molecular formula is C25H21Cl2N3O4. The molecule has 34 heavy (non-hydrogen) atoms. The van der Waals surface area contributed by atoms with Crippen LogP contribution in [0.5, 0.6) is 11.5 Å². The maximum Gasteiger partial charge on any atom is 0.307 e. The molecule has 0 fully saturated rings. The van der Waals surface area contributed by atoms with Crippen LogP contribution in [-0.2, 0) is 6.61 Å². The monoisotopic (exact) mass is 497 g/mol. The lowest BCUT2D eigenvalue weighted by Gasteiger charge is -2.10. The van der Waals surface area contributed by atoms with Crippen molar-refractivity contribution >= 4 is 35.3 Å². The van der Waals surface area contributed by atoms with E-state index in [1.54, 1.807) is 12.1 Å². The fourth-order valence-electron chi connectivity index (χ4n) is 3.38. The van der Waals surface area contributed by atoms with Crippen molar-refractivity contribution in [2.45, 2.75) is 20.5 Å². The highest BCUT2D eigenvalue weighted by atomic mass is 35.5. The van der Waals surface area contributed by atoms with Gasteiger partial charge in [-0.25, -0.2) is 5.43 Å². The van der Waals surface area contributed by atoms with Gasteiger partial charge >= 0.3 is 5.91 Å². The first-order valence-electron chi connectivity index (χ1n) is 10.3. The Bertz CT molecular complexity index is 1310. The SMILES string of the molecule is Cc1ccc(C)n1-c1ccc(OCc2ccc(C(=O)NN=Cc3cc(Cl)c(O)c(Cl)c3)o2)cc1. The van der Waals surface area contributed by atoms with E-state index >= 15 is 0 Å². The quantitative estimate of drug-likeness (QED) is 0.240. The summed E-state index contributed by atoms with van der Waals surface area (Å²) >= 11 is 11.7. The molecule has 2 heterocycles. The summed E-state index contributed by atoms with van der Waals surface area (Å²) in [5.41, 5.74) is 6.25. The Morgan fingerprint density at radius 1 is 1.06 bits per heavy atom. The van der Waals surface area contributed by atoms with Crippen molar-refractivity contribution in [2.75, 3.05) is 0 Å². The molecule has 0 aliphatic heterocycles. The third-order valence-electron chi connectivity index (χ3n) is 5.05. The first-order valence-corrected chi connectivity index (χ1v) is 11.1. The molecule has 4 aromatic rings. The van der Waals surface area contributed by atoms with E-state index in [9.17, 15) is 9.90 Å². The van der Waals surface area contributed by atoms with E-state index in [2.05, 4.69) is 41.1 Å². The van der Waals surface area contributed by atoms with Gasteiger partial charge in [-0.15, -0.1) is 0 Å². The van der Waals surface area contributed by atoms with Gasteiger partial charge < -0.3 is 18.8 Å². The van der Waals surface area contributed by atoms with Crippen LogP contribution in [0.3, 0.4) is 0 Å². The number of carbonyl (C=O) groups is 1. The number of aromatic nitrogens is 1. The van der Waals surface area contributed by atoms with Crippen LogP contribution in [0.15, 0.2) is 70.2 Å². The number of hydrogen-bond donors (Lipinski definition) is 2. The number of nitrogens with one attached hydrogen (secondary N) is 1. The standard InChI is InChI=1S/C25H21Cl2N3O4/c1-15-3-4-16(2)30(15)18-5-7-19(8-6-18)33-14-20-9-10-23(34-20)25(32)29-28-13-17-11-21(26)24(31)22(27)12-17/h3-13,31H,14H2,1-2H3,(H,29,32). The molecule has 4 rings (SSSR count). The summed E-state index contributed by atoms with van der Waals surface area (Å²) in [7, 11) is 0. The van der Waals surface area contributed by atoms with Gasteiger partial charge in [-0.05, 0) is 80.1 Å². The van der Waals surface area contributed by atoms with Crippen molar-refractivity contribution in [1.29, 1.82) is 0 Å². The summed E-state index contributed by atoms with van der Waals surface area (Å²) in [4.78, 5) is 12.3. The van der Waals surface area contributed by atoms with E-state index in [-0.39, 0.29) is 28.2 Å². The van der Waals surface area contributed by atoms with Crippen molar-refractivity contribution < 1.29 is 19.1 Å². The van der Waals surface area contributed by atoms with Crippen LogP contribution in [0.2, 0.25) is 10.0 Å². The van der Waals surface area contributed by atoms with Crippen molar-refractivity contribution in [3.63, 3.8) is 0 Å². The third kappa shape index (κ3) is 5.27. The molecule has 0 unspecified atom stereocenters. The molecule has 0 aliphatic carbocycles. The van der Waals surface area contributed by atoms with Crippen LogP contribution < -0.4 is 10.2 Å². The lowest BCUT2D eigenvalue weighted by molar-refractivity contribution is 0.0923. The van der Waals surface area contributed by atoms with Gasteiger partial charge in [0.05, 0.1) is 16.3 Å². The number of nitrogens with zero attached hydrogens (tertiary/aromatic N) is 2. The molecule has 9 heteroatoms. The summed E-state index contributed by atoms with van der Waals surface area (Å²) in [6.45, 7) is 4.29. The van der Waals surface area contributed by atoms with E-state index in [1.807, 2.05) is 24.3 Å². The van der Waals surface area contributed by atoms with Gasteiger partial charge in [0, 0.05) is 17.1 Å². The minimum Gasteiger partial charge on any atom is -0.505 e. The van der Waals surface area contributed by atoms with Crippen LogP contribution in [0.25, 0.3) is 5.69 Å². The van der Waals surface area contributed by atoms with Crippen molar-refractivity contribution in [2.24, 2.45) is 5.10 Å². The Morgan fingerprint density at radius 2 is 1.71 bits per heavy atom. The molecule has 0 saturated heterocycles. The van der Waals surface area contributed by atoms with E-state index < -0.39 is 5.91 Å². The van der Waals surface area contributed by atoms with E-state index in [1.165, 1.54) is 18.3 Å². The number of hydrazone groups is 1. The Hall–Kier alpha value is -3.68. The Morgan fingerprint density at radius 3 is 2.35 bits per heavy atom. The van der Waals surface area contributed by atoms with Crippen LogP contribution in [0.1, 0.15) is 33.3 Å². The van der Waals surface area contributed by atoms with Gasteiger partial charge in [0.1, 0.15) is 18.1 Å². The fraction of sp³-hybridized carbons (Fsp3) is 0.120. The summed E-state index contributed by atoms with van der Waals surface area (Å²) < 4.78 is 13.5. The zero-order valence-electron chi connectivity index (χ0n) is 18.4. The average Bonchev–Trinajstić information content (AvgIpc) is 3.43. The van der Waals surface area contributed by atoms with Gasteiger partial charge in [-0.1, -0.05) is 23.2 Å². The number of carbonyl (C=O) groups excluding carboxylic acids is 1. The Balaban J connectivity index is 1.32. The normalized spacial score (nSPS) is 11.2. The van der Waals surface area contributed by atoms with Crippen molar-refractivity contribution in [1.82, 2.24) is 9.99 Å². The number of ether oxygens (including phenoxy) is 1. The van der Waals surface area contributed by atoms with Gasteiger partial charge in [0.2, 0.25) is 0 Å². The number of aromatic hydroxyl groups is 1. The van der Waals surface area contributed by atoms with Crippen LogP contribution >= 0.6 is 23.2 Å². The van der Waals surface area contributed by atoms with Crippen LogP contribution in [0, 0.1) is 13.8 Å². The molecular weight excluding hydrogens is 477 g/mol. The predicted molar refractivity (Wildman–Crippen MR) is 131 cm³/mol. The second-order valence-electron chi connectivity index (χ2n) is 7.53. The van der Waals surface area contributed by atoms with Crippen LogP contribution in [-0.4, -0.2) is 21.8 Å². The molecule has 7 nitrogen and oxygen atoms in total. The highest BCUT2D eigenvalue weighted by Crippen LogP contribution is 2.32. The first-order chi connectivity index (χ1) is 16.3. The number of halogens is 2. The maximum atomic E-state index is 12.3. The number of furan rings is 1. The summed E-state index contributed by atoms with van der Waals surface area (Å²) in [6, 6.07) is 18.1. The highest BCUT2D eigenvalue weighted by Gasteiger charge is 2.12. The zero-order chi connectivity index (χ0) is 24.2. The number of amides is 1. The molecule has 0 aliphatic rings. The molecule has 0 atom stereocenters. The minimum absolute atomic E-state index is 0.0838. The zero-order valence-corrected chi connectivity index (χ0v) is 19.9. The number of benzene rings is 2. The largest absolute Gasteiger partial charge is 0.505 e. The number of phenolic OH excluding ortho intramolecular Hbond substituents is 1. The van der Waals surface area contributed by atoms with Gasteiger partial charge in [0.25, 0.3) is 0 Å². The van der Waals surface area contributed by atoms with Crippen molar-refractivity contribution in [3.8, 4) is 17.2 Å². The molecule has 0 bridgehead atoms. The fourth-order valence-corrected chi connectivity index (χ4v) is 3.88. The van der Waals surface area contributed by atoms with E-state index in [4.69, 9.17) is 32.4 Å². The summed E-state index contributed by atoms with van der Waals surface area (Å²) in [6.07, 6.45) is 1.35. The third-order valence-corrected chi connectivity index (χ3v) is 5.63. The molecule has 0 spiro atoms. The topological polar surface area (TPSA) is 89.0 Å². The smallest absolute Gasteiger partial charge is 0.307 e. The van der Waals surface area contributed by atoms with Gasteiger partial charge in [-0.2, -0.15) is 5.10 Å². The van der Waals surface area contributed by atoms with Crippen LogP contribution in [0.4, 0.5) is 0 Å².